The highest BCUT2D eigenvalue weighted by Gasteiger charge is 2.20. The summed E-state index contributed by atoms with van der Waals surface area (Å²) in [6.45, 7) is 4.19. The first-order valence-corrected chi connectivity index (χ1v) is 21.4. The Kier molecular flexibility index (Phi) is 11.3. The van der Waals surface area contributed by atoms with Crippen molar-refractivity contribution in [2.75, 3.05) is 51.2 Å². The van der Waals surface area contributed by atoms with Crippen LogP contribution in [0.25, 0.3) is 90.9 Å². The highest BCUT2D eigenvalue weighted by atomic mass is 16.5. The Labute approximate surface area is 372 Å². The Morgan fingerprint density at radius 1 is 0.422 bits per heavy atom. The summed E-state index contributed by atoms with van der Waals surface area (Å²) in [5, 5.41) is 0. The van der Waals surface area contributed by atoms with E-state index < -0.39 is 0 Å². The zero-order chi connectivity index (χ0) is 44.5. The average molecular weight is 845 g/mol. The first kappa shape index (κ1) is 41.4. The van der Waals surface area contributed by atoms with Crippen molar-refractivity contribution in [3.63, 3.8) is 0 Å². The molecule has 64 heavy (non-hydrogen) atoms. The van der Waals surface area contributed by atoms with E-state index in [0.717, 1.165) is 101 Å². The Morgan fingerprint density at radius 3 is 0.938 bits per heavy atom. The van der Waals surface area contributed by atoms with E-state index in [9.17, 15) is 9.59 Å². The molecule has 2 N–H and O–H groups in total. The van der Waals surface area contributed by atoms with Crippen molar-refractivity contribution in [3.05, 3.63) is 155 Å². The monoisotopic (exact) mass is 844 g/mol. The minimum absolute atomic E-state index is 0.294. The second-order valence-corrected chi connectivity index (χ2v) is 16.0. The molecule has 0 atom stereocenters. The van der Waals surface area contributed by atoms with Gasteiger partial charge >= 0.3 is 11.9 Å². The molecular formula is C54H48N6O4. The smallest absolute Gasteiger partial charge is 0.338 e. The van der Waals surface area contributed by atoms with E-state index in [0.29, 0.717) is 24.3 Å². The number of benzene rings is 4. The maximum absolute atomic E-state index is 12.7. The number of ether oxygens (including phenoxy) is 2. The van der Waals surface area contributed by atoms with Gasteiger partial charge in [-0.3, -0.25) is 0 Å². The molecule has 10 heteroatoms. The van der Waals surface area contributed by atoms with Gasteiger partial charge in [0, 0.05) is 83.9 Å². The molecule has 2 aliphatic heterocycles. The minimum Gasteiger partial charge on any atom is -0.462 e. The molecule has 7 aromatic rings. The van der Waals surface area contributed by atoms with Gasteiger partial charge in [-0.1, -0.05) is 48.5 Å². The number of hydrogen-bond donors (Lipinski definition) is 2. The van der Waals surface area contributed by atoms with Crippen molar-refractivity contribution < 1.29 is 19.1 Å². The highest BCUT2D eigenvalue weighted by Crippen LogP contribution is 2.39. The lowest BCUT2D eigenvalue weighted by molar-refractivity contribution is 0.0517. The number of hydrogen-bond acceptors (Lipinski definition) is 8. The van der Waals surface area contributed by atoms with Crippen molar-refractivity contribution in [3.8, 4) is 44.5 Å². The summed E-state index contributed by atoms with van der Waals surface area (Å²) in [5.41, 5.74) is 16.9. The molecule has 0 amide bonds. The van der Waals surface area contributed by atoms with E-state index in [1.165, 1.54) is 0 Å². The number of H-pyrrole nitrogens is 2. The quantitative estimate of drug-likeness (QED) is 0.131. The molecular weight excluding hydrogens is 797 g/mol. The topological polar surface area (TPSA) is 116 Å². The van der Waals surface area contributed by atoms with Crippen LogP contribution in [0.5, 0.6) is 0 Å². The van der Waals surface area contributed by atoms with Crippen LogP contribution in [-0.2, 0) is 9.47 Å². The molecule has 0 radical (unpaired) electrons. The third kappa shape index (κ3) is 7.97. The molecule has 4 aromatic carbocycles. The lowest BCUT2D eigenvalue weighted by atomic mass is 10.0. The molecule has 3 aromatic heterocycles. The Hall–Kier alpha value is -7.98. The van der Waals surface area contributed by atoms with Crippen LogP contribution in [0.2, 0.25) is 0 Å². The highest BCUT2D eigenvalue weighted by molar-refractivity contribution is 6.01. The number of carbonyl (C=O) groups is 2. The van der Waals surface area contributed by atoms with Gasteiger partial charge in [-0.05, 0) is 133 Å². The summed E-state index contributed by atoms with van der Waals surface area (Å²) in [4.78, 5) is 48.0. The maximum Gasteiger partial charge on any atom is 0.338 e. The predicted molar refractivity (Wildman–Crippen MR) is 261 cm³/mol. The van der Waals surface area contributed by atoms with Crippen molar-refractivity contribution in [1.29, 1.82) is 0 Å². The van der Waals surface area contributed by atoms with E-state index in [-0.39, 0.29) is 11.9 Å². The summed E-state index contributed by atoms with van der Waals surface area (Å²) < 4.78 is 10.6. The molecule has 0 spiro atoms. The van der Waals surface area contributed by atoms with Gasteiger partial charge in [0.05, 0.1) is 47.1 Å². The molecule has 318 valence electrons. The molecule has 8 bridgehead atoms. The fraction of sp³-hybridized carbons (Fsp3) is 0.148. The van der Waals surface area contributed by atoms with Crippen LogP contribution in [-0.4, -0.2) is 73.3 Å². The standard InChI is InChI=1S/C54H48N6O4/c1-7-63-53(61)37-13-9-33(10-14-37)49-41-25-29-45(55-41)51(35-17-21-39(22-18-35)59(3)4)47-31-27-43(57-47)50(34-11-15-38(16-12-34)54(62)64-8-2)44-28-32-48(58-44)52(46-30-26-42(49)56-46)36-19-23-40(24-20-36)60(5)6/h9-32,55,58H,7-8H2,1-6H3. The third-order valence-corrected chi connectivity index (χ3v) is 11.5. The van der Waals surface area contributed by atoms with E-state index in [4.69, 9.17) is 19.4 Å². The number of aromatic amines is 2. The molecule has 0 saturated carbocycles. The molecule has 0 unspecified atom stereocenters. The molecule has 10 nitrogen and oxygen atoms in total. The zero-order valence-corrected chi connectivity index (χ0v) is 36.7. The number of fused-ring (bicyclic) bond motifs is 8. The fourth-order valence-corrected chi connectivity index (χ4v) is 8.25. The van der Waals surface area contributed by atoms with Crippen LogP contribution in [0.15, 0.2) is 121 Å². The molecule has 9 rings (SSSR count). The number of carbonyl (C=O) groups excluding carboxylic acids is 2. The summed E-state index contributed by atoms with van der Waals surface area (Å²) in [6.07, 6.45) is 8.23. The first-order valence-electron chi connectivity index (χ1n) is 21.4. The fourth-order valence-electron chi connectivity index (χ4n) is 8.25. The summed E-state index contributed by atoms with van der Waals surface area (Å²) in [6, 6.07) is 40.3. The first-order chi connectivity index (χ1) is 31.1. The largest absolute Gasteiger partial charge is 0.462 e. The van der Waals surface area contributed by atoms with Gasteiger partial charge in [-0.2, -0.15) is 0 Å². The number of anilines is 2. The van der Waals surface area contributed by atoms with Crippen molar-refractivity contribution in [1.82, 2.24) is 19.9 Å². The summed E-state index contributed by atoms with van der Waals surface area (Å²) in [5.74, 6) is -0.735. The van der Waals surface area contributed by atoms with Crippen molar-refractivity contribution in [2.24, 2.45) is 0 Å². The second-order valence-electron chi connectivity index (χ2n) is 16.0. The summed E-state index contributed by atoms with van der Waals surface area (Å²) in [7, 11) is 8.11. The Morgan fingerprint density at radius 2 is 0.688 bits per heavy atom. The van der Waals surface area contributed by atoms with Crippen LogP contribution in [0, 0.1) is 0 Å². The van der Waals surface area contributed by atoms with Gasteiger partial charge < -0.3 is 29.2 Å². The average Bonchev–Trinajstić information content (AvgIpc) is 4.16. The lowest BCUT2D eigenvalue weighted by Crippen LogP contribution is -2.07. The van der Waals surface area contributed by atoms with Gasteiger partial charge in [0.2, 0.25) is 0 Å². The predicted octanol–water partition coefficient (Wildman–Crippen LogP) is 11.8. The summed E-state index contributed by atoms with van der Waals surface area (Å²) >= 11 is 0. The molecule has 0 fully saturated rings. The number of rotatable bonds is 10. The number of nitrogens with one attached hydrogen (secondary N) is 2. The van der Waals surface area contributed by atoms with Crippen LogP contribution >= 0.6 is 0 Å². The lowest BCUT2D eigenvalue weighted by Gasteiger charge is -2.13. The molecule has 5 heterocycles. The van der Waals surface area contributed by atoms with Gasteiger partial charge in [-0.25, -0.2) is 19.6 Å². The zero-order valence-electron chi connectivity index (χ0n) is 36.7. The van der Waals surface area contributed by atoms with E-state index in [1.54, 1.807) is 38.1 Å². The molecule has 2 aliphatic rings. The van der Waals surface area contributed by atoms with Gasteiger partial charge in [-0.15, -0.1) is 0 Å². The number of esters is 2. The minimum atomic E-state index is -0.368. The van der Waals surface area contributed by atoms with E-state index in [2.05, 4.69) is 117 Å². The molecule has 0 aliphatic carbocycles. The van der Waals surface area contributed by atoms with Crippen LogP contribution in [0.3, 0.4) is 0 Å². The van der Waals surface area contributed by atoms with Gasteiger partial charge in [0.1, 0.15) is 0 Å². The maximum atomic E-state index is 12.7. The second kappa shape index (κ2) is 17.4. The van der Waals surface area contributed by atoms with Crippen LogP contribution in [0.4, 0.5) is 11.4 Å². The van der Waals surface area contributed by atoms with Gasteiger partial charge in [0.15, 0.2) is 0 Å². The Balaban J connectivity index is 1.39. The van der Waals surface area contributed by atoms with Crippen LogP contribution < -0.4 is 9.80 Å². The molecule has 0 saturated heterocycles. The number of nitrogens with zero attached hydrogens (tertiary/aromatic N) is 4. The third-order valence-electron chi connectivity index (χ3n) is 11.5. The van der Waals surface area contributed by atoms with Gasteiger partial charge in [0.25, 0.3) is 0 Å². The Bertz CT molecular complexity index is 2920. The van der Waals surface area contributed by atoms with E-state index >= 15 is 0 Å². The van der Waals surface area contributed by atoms with E-state index in [1.807, 2.05) is 52.5 Å². The van der Waals surface area contributed by atoms with Crippen LogP contribution in [0.1, 0.15) is 57.3 Å². The van der Waals surface area contributed by atoms with Crippen molar-refractivity contribution >= 4 is 69.7 Å². The van der Waals surface area contributed by atoms with Crippen molar-refractivity contribution in [2.45, 2.75) is 13.8 Å². The number of aromatic nitrogens is 4. The normalized spacial score (nSPS) is 11.7. The SMILES string of the molecule is CCOC(=O)c1ccc(-c2c3nc(c(-c4ccc(N(C)C)cc4)c4ccc([nH]4)c(-c4ccc(C(=O)OCC)cc4)c4nc(c(-c5ccc(N(C)C)cc5)c5ccc2[nH]5)C=C4)C=C3)cc1.